The minimum atomic E-state index is 0. The maximum absolute atomic E-state index is 4.44. The van der Waals surface area contributed by atoms with Gasteiger partial charge in [-0.15, -0.1) is 0 Å². The van der Waals surface area contributed by atoms with Crippen molar-refractivity contribution in [3.8, 4) is 0 Å². The summed E-state index contributed by atoms with van der Waals surface area (Å²) < 4.78 is 0. The van der Waals surface area contributed by atoms with E-state index in [0.29, 0.717) is 0 Å². The van der Waals surface area contributed by atoms with Gasteiger partial charge < -0.3 is 23.3 Å². The Balaban J connectivity index is -0.0000000800. The van der Waals surface area contributed by atoms with E-state index >= 15 is 0 Å². The first-order valence-electron chi connectivity index (χ1n) is 0.667. The predicted molar refractivity (Wildman–Crippen MR) is 37.5 cm³/mol. The van der Waals surface area contributed by atoms with Crippen LogP contribution in [-0.2, 0) is 23.3 Å². The SMILES string of the molecule is [Na+].[Na+].[S-]SSS[S-]. The van der Waals surface area contributed by atoms with E-state index in [1.165, 1.54) is 29.5 Å². The van der Waals surface area contributed by atoms with E-state index in [0.717, 1.165) is 0 Å². The number of hydrogen-bond acceptors (Lipinski definition) is 5. The second kappa shape index (κ2) is 16.4. The first kappa shape index (κ1) is 17.0. The Morgan fingerprint density at radius 2 is 1.14 bits per heavy atom. The van der Waals surface area contributed by atoms with Crippen molar-refractivity contribution in [2.45, 2.75) is 0 Å². The van der Waals surface area contributed by atoms with Crippen LogP contribution in [0.4, 0.5) is 0 Å². The van der Waals surface area contributed by atoms with Crippen LogP contribution in [0, 0.1) is 0 Å². The van der Waals surface area contributed by atoms with Crippen molar-refractivity contribution in [3.05, 3.63) is 0 Å². The molecule has 0 amide bonds. The molecule has 0 aliphatic heterocycles. The largest absolute Gasteiger partial charge is 1.00 e. The summed E-state index contributed by atoms with van der Waals surface area (Å²) in [6.45, 7) is 0. The third-order valence-corrected chi connectivity index (χ3v) is 4.50. The van der Waals surface area contributed by atoms with Crippen molar-refractivity contribution in [2.75, 3.05) is 0 Å². The van der Waals surface area contributed by atoms with Crippen molar-refractivity contribution in [3.63, 3.8) is 0 Å². The maximum atomic E-state index is 4.44. The van der Waals surface area contributed by atoms with Gasteiger partial charge in [-0.05, 0) is 0 Å². The van der Waals surface area contributed by atoms with Crippen LogP contribution in [0.15, 0.2) is 0 Å². The summed E-state index contributed by atoms with van der Waals surface area (Å²) in [6, 6.07) is 0. The molecule has 0 aromatic rings. The fourth-order valence-electron chi connectivity index (χ4n) is 0.0113. The molecule has 0 bridgehead atoms. The van der Waals surface area contributed by atoms with Crippen LogP contribution in [-0.4, -0.2) is 0 Å². The van der Waals surface area contributed by atoms with Crippen LogP contribution >= 0.6 is 29.5 Å². The summed E-state index contributed by atoms with van der Waals surface area (Å²) in [5.41, 5.74) is 0. The molecule has 0 aromatic carbocycles. The molecule has 0 nitrogen and oxygen atoms in total. The Morgan fingerprint density at radius 3 is 1.14 bits per heavy atom. The first-order valence-corrected chi connectivity index (χ1v) is 6.00. The van der Waals surface area contributed by atoms with Crippen molar-refractivity contribution < 1.29 is 59.1 Å². The molecule has 0 aromatic heterocycles. The average molecular weight is 206 g/mol. The normalized spacial score (nSPS) is 6.00. The molecule has 0 rings (SSSR count). The van der Waals surface area contributed by atoms with Gasteiger partial charge in [-0.2, -0.15) is 0 Å². The van der Waals surface area contributed by atoms with Crippen LogP contribution in [0.5, 0.6) is 0 Å². The van der Waals surface area contributed by atoms with Crippen LogP contribution in [0.3, 0.4) is 0 Å². The molecule has 0 aliphatic carbocycles. The molecule has 7 heteroatoms. The van der Waals surface area contributed by atoms with E-state index in [4.69, 9.17) is 0 Å². The fraction of sp³-hybridized carbons (Fsp3) is 0. The summed E-state index contributed by atoms with van der Waals surface area (Å²) in [4.78, 5) is 0. The van der Waals surface area contributed by atoms with Gasteiger partial charge >= 0.3 is 59.1 Å². The average Bonchev–Trinajstić information content (AvgIpc) is 1.41. The van der Waals surface area contributed by atoms with Crippen molar-refractivity contribution in [1.82, 2.24) is 0 Å². The standard InChI is InChI=1S/2Na.H2S5/c;;1-3-5-4-2/h;;1-2H/q2*+1;/p-2. The maximum Gasteiger partial charge on any atom is 1.00 e. The van der Waals surface area contributed by atoms with Crippen molar-refractivity contribution in [2.24, 2.45) is 0 Å². The van der Waals surface area contributed by atoms with Gasteiger partial charge in [0.2, 0.25) is 0 Å². The van der Waals surface area contributed by atoms with Crippen LogP contribution in [0.1, 0.15) is 0 Å². The van der Waals surface area contributed by atoms with E-state index in [1.54, 1.807) is 0 Å². The van der Waals surface area contributed by atoms with Crippen molar-refractivity contribution >= 4 is 52.8 Å². The summed E-state index contributed by atoms with van der Waals surface area (Å²) in [7, 11) is 3.95. The van der Waals surface area contributed by atoms with E-state index < -0.39 is 0 Å². The number of rotatable bonds is 2. The van der Waals surface area contributed by atoms with Gasteiger partial charge in [0.1, 0.15) is 0 Å². The van der Waals surface area contributed by atoms with Crippen LogP contribution in [0.2, 0.25) is 0 Å². The molecular weight excluding hydrogens is 206 g/mol. The van der Waals surface area contributed by atoms with Gasteiger partial charge in [-0.3, -0.25) is 19.7 Å². The van der Waals surface area contributed by atoms with Gasteiger partial charge in [0.05, 0.1) is 0 Å². The quantitative estimate of drug-likeness (QED) is 0.255. The van der Waals surface area contributed by atoms with Gasteiger partial charge in [0.25, 0.3) is 0 Å². The molecule has 0 N–H and O–H groups in total. The molecular formula is Na2S5. The van der Waals surface area contributed by atoms with Crippen LogP contribution in [0.25, 0.3) is 0 Å². The smallest absolute Gasteiger partial charge is 0.706 e. The molecule has 0 heterocycles. The zero-order valence-corrected chi connectivity index (χ0v) is 12.1. The van der Waals surface area contributed by atoms with Gasteiger partial charge in [-0.1, -0.05) is 9.83 Å². The summed E-state index contributed by atoms with van der Waals surface area (Å²) in [5, 5.41) is 0. The Morgan fingerprint density at radius 1 is 0.857 bits per heavy atom. The van der Waals surface area contributed by atoms with Crippen LogP contribution < -0.4 is 59.1 Å². The van der Waals surface area contributed by atoms with E-state index in [1.807, 2.05) is 0 Å². The molecule has 0 aliphatic rings. The summed E-state index contributed by atoms with van der Waals surface area (Å²) in [6.07, 6.45) is 0. The zero-order valence-electron chi connectivity index (χ0n) is 4.04. The second-order valence-electron chi connectivity index (χ2n) is 0.204. The molecule has 0 saturated heterocycles. The topological polar surface area (TPSA) is 0 Å². The molecule has 0 spiro atoms. The van der Waals surface area contributed by atoms with Gasteiger partial charge in [-0.25, -0.2) is 0 Å². The zero-order chi connectivity index (χ0) is 4.12. The Kier molecular flexibility index (Phi) is 39.8. The predicted octanol–water partition coefficient (Wildman–Crippen LogP) is -4.05. The minimum absolute atomic E-state index is 0. The van der Waals surface area contributed by atoms with E-state index in [2.05, 4.69) is 23.3 Å². The van der Waals surface area contributed by atoms with Gasteiger partial charge in [0.15, 0.2) is 0 Å². The molecule has 0 radical (unpaired) electrons. The first-order chi connectivity index (χ1) is 2.41. The molecule has 0 atom stereocenters. The Labute approximate surface area is 109 Å². The minimum Gasteiger partial charge on any atom is -0.706 e. The summed E-state index contributed by atoms with van der Waals surface area (Å²) in [5.74, 6) is 0. The Bertz CT molecular complexity index is 13.6. The second-order valence-corrected chi connectivity index (χ2v) is 5.51. The van der Waals surface area contributed by atoms with E-state index in [9.17, 15) is 0 Å². The molecule has 32 valence electrons. The van der Waals surface area contributed by atoms with Gasteiger partial charge in [0, 0.05) is 0 Å². The van der Waals surface area contributed by atoms with Crippen molar-refractivity contribution in [1.29, 1.82) is 0 Å². The third-order valence-electron chi connectivity index (χ3n) is 0.0556. The fourth-order valence-corrected chi connectivity index (χ4v) is 2.76. The molecule has 0 saturated carbocycles. The third kappa shape index (κ3) is 17.7. The monoisotopic (exact) mass is 206 g/mol. The Hall–Kier alpha value is 3.75. The van der Waals surface area contributed by atoms with E-state index in [-0.39, 0.29) is 59.1 Å². The molecule has 7 heavy (non-hydrogen) atoms. The number of hydrogen-bond donors (Lipinski definition) is 0. The molecule has 0 unspecified atom stereocenters. The molecule has 0 fully saturated rings. The summed E-state index contributed by atoms with van der Waals surface area (Å²) >= 11 is 8.89.